The van der Waals surface area contributed by atoms with Crippen LogP contribution in [0.5, 0.6) is 0 Å². The fourth-order valence-electron chi connectivity index (χ4n) is 5.60. The third-order valence-electron chi connectivity index (χ3n) is 7.78. The third-order valence-corrected chi connectivity index (χ3v) is 8.66. The molecule has 0 aliphatic carbocycles. The highest BCUT2D eigenvalue weighted by molar-refractivity contribution is 7.13. The average molecular weight is 618 g/mol. The molecule has 0 spiro atoms. The summed E-state index contributed by atoms with van der Waals surface area (Å²) in [5.41, 5.74) is 5.55. The smallest absolute Gasteiger partial charge is 0.280 e. The second kappa shape index (κ2) is 13.3. The molecule has 4 aromatic rings. The van der Waals surface area contributed by atoms with E-state index in [1.165, 1.54) is 23.6 Å². The first-order valence-corrected chi connectivity index (χ1v) is 15.8. The zero-order valence-corrected chi connectivity index (χ0v) is 26.5. The lowest BCUT2D eigenvalue weighted by atomic mass is 9.99. The van der Waals surface area contributed by atoms with Gasteiger partial charge in [-0.1, -0.05) is 37.6 Å². The van der Waals surface area contributed by atoms with E-state index in [-0.39, 0.29) is 23.2 Å². The van der Waals surface area contributed by atoms with E-state index in [4.69, 9.17) is 4.98 Å². The van der Waals surface area contributed by atoms with Gasteiger partial charge in [-0.3, -0.25) is 19.1 Å². The molecule has 1 aromatic carbocycles. The van der Waals surface area contributed by atoms with Crippen molar-refractivity contribution in [2.45, 2.75) is 59.9 Å². The number of nitrogens with zero attached hydrogens (tertiary/aromatic N) is 4. The number of carbonyl (C=O) groups is 1. The molecule has 1 amide bonds. The molecule has 4 heterocycles. The average Bonchev–Trinajstić information content (AvgIpc) is 3.50. The summed E-state index contributed by atoms with van der Waals surface area (Å²) in [6.07, 6.45) is 2.02. The van der Waals surface area contributed by atoms with Crippen LogP contribution in [0.4, 0.5) is 8.78 Å². The van der Waals surface area contributed by atoms with Crippen LogP contribution in [-0.2, 0) is 12.8 Å². The first-order valence-electron chi connectivity index (χ1n) is 14.9. The number of aryl methyl sites for hydroxylation is 2. The van der Waals surface area contributed by atoms with Gasteiger partial charge in [-0.15, -0.1) is 11.3 Å². The number of carbonyl (C=O) groups excluding carboxylic acids is 1. The first-order chi connectivity index (χ1) is 21.1. The molecular weight excluding hydrogens is 580 g/mol. The molecule has 0 saturated carbocycles. The quantitative estimate of drug-likeness (QED) is 0.232. The molecule has 10 heteroatoms. The number of nitrogens with one attached hydrogen (secondary N) is 1. The van der Waals surface area contributed by atoms with E-state index in [2.05, 4.69) is 24.1 Å². The zero-order valence-electron chi connectivity index (χ0n) is 25.7. The summed E-state index contributed by atoms with van der Waals surface area (Å²) < 4.78 is 27.9. The molecule has 5 rings (SSSR count). The van der Waals surface area contributed by atoms with Gasteiger partial charge >= 0.3 is 0 Å². The number of hydrogen-bond donors (Lipinski definition) is 1. The Labute approximate surface area is 260 Å². The summed E-state index contributed by atoms with van der Waals surface area (Å²) in [7, 11) is 0. The number of rotatable bonds is 8. The zero-order chi connectivity index (χ0) is 31.5. The molecule has 0 bridgehead atoms. The number of hydrogen-bond acceptors (Lipinski definition) is 6. The van der Waals surface area contributed by atoms with Crippen LogP contribution in [0.15, 0.2) is 58.3 Å². The van der Waals surface area contributed by atoms with Crippen LogP contribution in [-0.4, -0.2) is 51.0 Å². The predicted molar refractivity (Wildman–Crippen MR) is 173 cm³/mol. The fourth-order valence-corrected chi connectivity index (χ4v) is 6.43. The normalized spacial score (nSPS) is 15.1. The van der Waals surface area contributed by atoms with Gasteiger partial charge in [0.2, 0.25) is 0 Å². The third kappa shape index (κ3) is 6.27. The molecule has 1 fully saturated rings. The van der Waals surface area contributed by atoms with Crippen LogP contribution in [0.2, 0.25) is 0 Å². The maximum Gasteiger partial charge on any atom is 0.280 e. The molecule has 3 aromatic heterocycles. The van der Waals surface area contributed by atoms with Crippen LogP contribution in [0.3, 0.4) is 0 Å². The summed E-state index contributed by atoms with van der Waals surface area (Å²) in [4.78, 5) is 39.4. The number of alkyl halides is 2. The number of piperazine rings is 1. The van der Waals surface area contributed by atoms with Crippen molar-refractivity contribution in [2.24, 2.45) is 0 Å². The number of halogens is 2. The topological polar surface area (TPSA) is 80.1 Å². The number of allylic oxidation sites excluding steroid dienone is 1. The van der Waals surface area contributed by atoms with E-state index in [0.29, 0.717) is 65.6 Å². The van der Waals surface area contributed by atoms with Crippen LogP contribution in [0.1, 0.15) is 73.9 Å². The Kier molecular flexibility index (Phi) is 9.51. The van der Waals surface area contributed by atoms with Crippen molar-refractivity contribution >= 4 is 23.3 Å². The molecule has 0 unspecified atom stereocenters. The molecule has 1 N–H and O–H groups in total. The van der Waals surface area contributed by atoms with E-state index in [1.807, 2.05) is 49.9 Å². The lowest BCUT2D eigenvalue weighted by molar-refractivity contribution is 0.0708. The maximum absolute atomic E-state index is 14.6. The van der Waals surface area contributed by atoms with Crippen molar-refractivity contribution in [2.75, 3.05) is 19.6 Å². The molecular formula is C34H37F2N5O2S. The van der Waals surface area contributed by atoms with Gasteiger partial charge in [0.25, 0.3) is 17.9 Å². The van der Waals surface area contributed by atoms with Crippen molar-refractivity contribution in [3.05, 3.63) is 92.0 Å². The minimum atomic E-state index is -2.67. The van der Waals surface area contributed by atoms with Crippen molar-refractivity contribution < 1.29 is 13.6 Å². The molecule has 7 nitrogen and oxygen atoms in total. The summed E-state index contributed by atoms with van der Waals surface area (Å²) in [5.74, 6) is -0.142. The lowest BCUT2D eigenvalue weighted by Gasteiger charge is -2.32. The number of aromatic nitrogens is 3. The number of pyridine rings is 2. The fraction of sp³-hybridized carbons (Fsp3) is 0.353. The second-order valence-corrected chi connectivity index (χ2v) is 12.1. The Morgan fingerprint density at radius 1 is 1.16 bits per heavy atom. The molecule has 230 valence electrons. The molecule has 1 atom stereocenters. The Hall–Kier alpha value is -4.02. The van der Waals surface area contributed by atoms with Crippen molar-refractivity contribution in [3.8, 4) is 27.5 Å². The van der Waals surface area contributed by atoms with Gasteiger partial charge in [-0.25, -0.2) is 13.8 Å². The van der Waals surface area contributed by atoms with Gasteiger partial charge in [-0.2, -0.15) is 0 Å². The number of amides is 1. The van der Waals surface area contributed by atoms with Crippen LogP contribution in [0.25, 0.3) is 33.6 Å². The van der Waals surface area contributed by atoms with E-state index < -0.39 is 6.43 Å². The minimum Gasteiger partial charge on any atom is -0.336 e. The predicted octanol–water partition coefficient (Wildman–Crippen LogP) is 6.94. The highest BCUT2D eigenvalue weighted by Gasteiger charge is 2.28. The highest BCUT2D eigenvalue weighted by Crippen LogP contribution is 2.32. The molecule has 1 aliphatic heterocycles. The van der Waals surface area contributed by atoms with Gasteiger partial charge in [0.05, 0.1) is 28.2 Å². The van der Waals surface area contributed by atoms with E-state index >= 15 is 0 Å². The summed E-state index contributed by atoms with van der Waals surface area (Å²) in [5, 5.41) is 5.61. The van der Waals surface area contributed by atoms with Gasteiger partial charge in [0, 0.05) is 42.8 Å². The number of para-hydroxylation sites is 1. The van der Waals surface area contributed by atoms with Crippen LogP contribution in [0, 0.1) is 0 Å². The minimum absolute atomic E-state index is 0.142. The standard InChI is InChI=1S/C34H37F2N5O2S/c1-6-22-9-8-10-23(7-2)30(22)41-29(15-20(3)4)25(33(42)40-14-13-37-21(5)18-40)16-26(34(41)43)32-39-28(19-44-32)24-11-12-27(31(35)36)38-17-24/h8-12,15-17,19,21,31,37H,6-7,13-14,18H2,1-5H3/t21-/m1/s1. The summed E-state index contributed by atoms with van der Waals surface area (Å²) >= 11 is 1.27. The van der Waals surface area contributed by atoms with Gasteiger partial charge in [-0.05, 0) is 69.0 Å². The maximum atomic E-state index is 14.6. The Balaban J connectivity index is 1.78. The summed E-state index contributed by atoms with van der Waals surface area (Å²) in [6, 6.07) is 10.7. The van der Waals surface area contributed by atoms with Gasteiger partial charge in [0.15, 0.2) is 0 Å². The number of benzene rings is 1. The Morgan fingerprint density at radius 3 is 2.48 bits per heavy atom. The van der Waals surface area contributed by atoms with Gasteiger partial charge in [0.1, 0.15) is 10.7 Å². The van der Waals surface area contributed by atoms with Crippen LogP contribution < -0.4 is 10.9 Å². The SMILES string of the molecule is CCc1cccc(CC)c1-n1c(C=C(C)C)c(C(=O)N2CCN[C@H](C)C2)cc(-c2nc(-c3ccc(C(F)F)nc3)cs2)c1=O. The highest BCUT2D eigenvalue weighted by atomic mass is 32.1. The lowest BCUT2D eigenvalue weighted by Crippen LogP contribution is -2.51. The van der Waals surface area contributed by atoms with E-state index in [0.717, 1.165) is 22.4 Å². The van der Waals surface area contributed by atoms with Gasteiger partial charge < -0.3 is 10.2 Å². The monoisotopic (exact) mass is 617 g/mol. The van der Waals surface area contributed by atoms with Crippen molar-refractivity contribution in [1.29, 1.82) is 0 Å². The Morgan fingerprint density at radius 2 is 1.89 bits per heavy atom. The molecule has 1 saturated heterocycles. The second-order valence-electron chi connectivity index (χ2n) is 11.3. The van der Waals surface area contributed by atoms with E-state index in [1.54, 1.807) is 22.1 Å². The Bertz CT molecular complexity index is 1730. The van der Waals surface area contributed by atoms with Crippen molar-refractivity contribution in [3.63, 3.8) is 0 Å². The largest absolute Gasteiger partial charge is 0.336 e. The molecule has 0 radical (unpaired) electrons. The molecule has 44 heavy (non-hydrogen) atoms. The summed E-state index contributed by atoms with van der Waals surface area (Å²) in [6.45, 7) is 11.9. The van der Waals surface area contributed by atoms with E-state index in [9.17, 15) is 18.4 Å². The number of thiazole rings is 1. The molecule has 1 aliphatic rings. The first kappa shape index (κ1) is 31.4. The van der Waals surface area contributed by atoms with Crippen LogP contribution >= 0.6 is 11.3 Å². The van der Waals surface area contributed by atoms with Crippen molar-refractivity contribution in [1.82, 2.24) is 24.8 Å².